The summed E-state index contributed by atoms with van der Waals surface area (Å²) in [6.45, 7) is 8.79. The molecule has 3 heterocycles. The van der Waals surface area contributed by atoms with Crippen molar-refractivity contribution in [3.05, 3.63) is 52.5 Å². The van der Waals surface area contributed by atoms with Crippen LogP contribution in [0.1, 0.15) is 20.9 Å². The first-order valence-corrected chi connectivity index (χ1v) is 12.1. The third-order valence-corrected chi connectivity index (χ3v) is 7.87. The molecular weight excluding hydrogens is 464 g/mol. The van der Waals surface area contributed by atoms with Crippen molar-refractivity contribution in [3.63, 3.8) is 0 Å². The molecule has 1 amide bonds. The Bertz CT molecular complexity index is 1180. The molecule has 168 valence electrons. The van der Waals surface area contributed by atoms with E-state index < -0.39 is 0 Å². The van der Waals surface area contributed by atoms with Crippen molar-refractivity contribution < 1.29 is 9.53 Å². The number of hydrogen-bond donors (Lipinski definition) is 0. The molecule has 1 saturated heterocycles. The zero-order valence-electron chi connectivity index (χ0n) is 18.0. The monoisotopic (exact) mass is 488 g/mol. The molecule has 0 N–H and O–H groups in total. The molecule has 6 nitrogen and oxygen atoms in total. The first-order valence-electron chi connectivity index (χ1n) is 10.4. The third-order valence-electron chi connectivity index (χ3n) is 5.63. The first kappa shape index (κ1) is 23.1. The number of ether oxygens (including phenoxy) is 1. The molecular formula is C23H25ClN4O2S2. The minimum absolute atomic E-state index is 0. The molecule has 1 aliphatic rings. The van der Waals surface area contributed by atoms with Gasteiger partial charge in [0.15, 0.2) is 10.1 Å². The minimum atomic E-state index is -0.0798. The first-order chi connectivity index (χ1) is 15.1. The summed E-state index contributed by atoms with van der Waals surface area (Å²) in [7, 11) is 0. The number of rotatable bonds is 5. The molecule has 9 heteroatoms. The highest BCUT2D eigenvalue weighted by Crippen LogP contribution is 2.34. The number of fused-ring (bicyclic) bond motifs is 2. The molecule has 2 aromatic carbocycles. The average Bonchev–Trinajstić information content (AvgIpc) is 3.43. The van der Waals surface area contributed by atoms with Gasteiger partial charge in [0.1, 0.15) is 0 Å². The van der Waals surface area contributed by atoms with Gasteiger partial charge >= 0.3 is 0 Å². The average molecular weight is 489 g/mol. The SMILES string of the molecule is Cc1ccc(C)c2sc(N(CCN3CCOCC3)C(=O)c3nc4ccccc4s3)nc12.Cl. The number of morpholine rings is 1. The molecule has 4 aromatic rings. The van der Waals surface area contributed by atoms with Crippen LogP contribution in [0.3, 0.4) is 0 Å². The maximum atomic E-state index is 13.6. The number of aromatic nitrogens is 2. The number of aryl methyl sites for hydroxylation is 2. The van der Waals surface area contributed by atoms with E-state index in [1.807, 2.05) is 29.2 Å². The summed E-state index contributed by atoms with van der Waals surface area (Å²) in [5.41, 5.74) is 4.15. The molecule has 0 radical (unpaired) electrons. The fourth-order valence-corrected chi connectivity index (χ4v) is 5.84. The number of hydrogen-bond acceptors (Lipinski definition) is 7. The third kappa shape index (κ3) is 4.51. The topological polar surface area (TPSA) is 58.6 Å². The Labute approximate surface area is 201 Å². The van der Waals surface area contributed by atoms with E-state index in [2.05, 4.69) is 35.9 Å². The smallest absolute Gasteiger partial charge is 0.289 e. The fourth-order valence-electron chi connectivity index (χ4n) is 3.79. The quantitative estimate of drug-likeness (QED) is 0.399. The molecule has 1 aliphatic heterocycles. The lowest BCUT2D eigenvalue weighted by molar-refractivity contribution is 0.0391. The van der Waals surface area contributed by atoms with Crippen LogP contribution in [-0.4, -0.2) is 60.2 Å². The van der Waals surface area contributed by atoms with Crippen LogP contribution in [-0.2, 0) is 4.74 Å². The molecule has 1 fully saturated rings. The second-order valence-electron chi connectivity index (χ2n) is 7.77. The van der Waals surface area contributed by atoms with Crippen LogP contribution in [0.5, 0.6) is 0 Å². The van der Waals surface area contributed by atoms with Gasteiger partial charge in [0.25, 0.3) is 5.91 Å². The molecule has 0 spiro atoms. The van der Waals surface area contributed by atoms with Gasteiger partial charge in [0, 0.05) is 26.2 Å². The second-order valence-corrected chi connectivity index (χ2v) is 9.78. The highest BCUT2D eigenvalue weighted by atomic mass is 35.5. The number of nitrogens with zero attached hydrogens (tertiary/aromatic N) is 4. The number of para-hydroxylation sites is 1. The van der Waals surface area contributed by atoms with Gasteiger partial charge in [-0.3, -0.25) is 14.6 Å². The summed E-state index contributed by atoms with van der Waals surface area (Å²) < 4.78 is 7.63. The number of halogens is 1. The lowest BCUT2D eigenvalue weighted by Gasteiger charge is -2.28. The van der Waals surface area contributed by atoms with E-state index in [0.717, 1.165) is 64.0 Å². The Morgan fingerprint density at radius 1 is 1.06 bits per heavy atom. The van der Waals surface area contributed by atoms with Gasteiger partial charge in [-0.15, -0.1) is 23.7 Å². The van der Waals surface area contributed by atoms with Crippen LogP contribution in [0.25, 0.3) is 20.4 Å². The molecule has 0 unspecified atom stereocenters. The standard InChI is InChI=1S/C23H24N4O2S2.ClH/c1-15-7-8-16(2)20-19(15)25-23(31-20)27(10-9-26-11-13-29-14-12-26)22(28)21-24-17-5-3-4-6-18(17)30-21;/h3-8H,9-14H2,1-2H3;1H. The summed E-state index contributed by atoms with van der Waals surface area (Å²) in [6.07, 6.45) is 0. The normalized spacial score (nSPS) is 14.6. The summed E-state index contributed by atoms with van der Waals surface area (Å²) in [4.78, 5) is 27.3. The Hall–Kier alpha value is -2.10. The zero-order valence-corrected chi connectivity index (χ0v) is 20.5. The Kier molecular flexibility index (Phi) is 7.07. The molecule has 0 bridgehead atoms. The van der Waals surface area contributed by atoms with Crippen molar-refractivity contribution in [3.8, 4) is 0 Å². The van der Waals surface area contributed by atoms with Crippen molar-refractivity contribution in [1.29, 1.82) is 0 Å². The van der Waals surface area contributed by atoms with Gasteiger partial charge in [0.2, 0.25) is 0 Å². The van der Waals surface area contributed by atoms with Crippen LogP contribution in [0.4, 0.5) is 5.13 Å². The summed E-state index contributed by atoms with van der Waals surface area (Å²) in [6, 6.07) is 12.1. The largest absolute Gasteiger partial charge is 0.379 e. The van der Waals surface area contributed by atoms with Crippen LogP contribution in [0, 0.1) is 13.8 Å². The van der Waals surface area contributed by atoms with Crippen LogP contribution in [0.2, 0.25) is 0 Å². The highest BCUT2D eigenvalue weighted by molar-refractivity contribution is 7.23. The van der Waals surface area contributed by atoms with Gasteiger partial charge in [-0.1, -0.05) is 35.6 Å². The molecule has 0 saturated carbocycles. The summed E-state index contributed by atoms with van der Waals surface area (Å²) >= 11 is 3.03. The second kappa shape index (κ2) is 9.80. The lowest BCUT2D eigenvalue weighted by Crippen LogP contribution is -2.43. The van der Waals surface area contributed by atoms with E-state index in [0.29, 0.717) is 11.6 Å². The summed E-state index contributed by atoms with van der Waals surface area (Å²) in [5.74, 6) is -0.0798. The van der Waals surface area contributed by atoms with Crippen molar-refractivity contribution in [2.24, 2.45) is 0 Å². The number of anilines is 1. The highest BCUT2D eigenvalue weighted by Gasteiger charge is 2.26. The number of amides is 1. The minimum Gasteiger partial charge on any atom is -0.379 e. The molecule has 32 heavy (non-hydrogen) atoms. The van der Waals surface area contributed by atoms with Crippen LogP contribution >= 0.6 is 35.1 Å². The van der Waals surface area contributed by atoms with Gasteiger partial charge in [-0.2, -0.15) is 0 Å². The van der Waals surface area contributed by atoms with Gasteiger partial charge in [0.05, 0.1) is 33.6 Å². The predicted octanol–water partition coefficient (Wildman–Crippen LogP) is 4.92. The summed E-state index contributed by atoms with van der Waals surface area (Å²) in [5, 5.41) is 1.25. The zero-order chi connectivity index (χ0) is 21.4. The number of thiazole rings is 2. The van der Waals surface area contributed by atoms with Crippen LogP contribution in [0.15, 0.2) is 36.4 Å². The van der Waals surface area contributed by atoms with E-state index in [1.54, 1.807) is 11.3 Å². The molecule has 2 aromatic heterocycles. The van der Waals surface area contributed by atoms with E-state index in [-0.39, 0.29) is 18.3 Å². The Morgan fingerprint density at radius 2 is 1.81 bits per heavy atom. The van der Waals surface area contributed by atoms with Gasteiger partial charge in [-0.25, -0.2) is 9.97 Å². The van der Waals surface area contributed by atoms with Gasteiger partial charge < -0.3 is 4.74 Å². The number of benzene rings is 2. The lowest BCUT2D eigenvalue weighted by atomic mass is 10.1. The maximum absolute atomic E-state index is 13.6. The van der Waals surface area contributed by atoms with Crippen molar-refractivity contribution in [2.45, 2.75) is 13.8 Å². The number of carbonyl (C=O) groups excluding carboxylic acids is 1. The maximum Gasteiger partial charge on any atom is 0.289 e. The van der Waals surface area contributed by atoms with Crippen molar-refractivity contribution in [2.75, 3.05) is 44.3 Å². The predicted molar refractivity (Wildman–Crippen MR) is 135 cm³/mol. The Morgan fingerprint density at radius 3 is 2.56 bits per heavy atom. The molecule has 0 aliphatic carbocycles. The number of carbonyl (C=O) groups is 1. The molecule has 0 atom stereocenters. The van der Waals surface area contributed by atoms with E-state index in [4.69, 9.17) is 9.72 Å². The molecule has 5 rings (SSSR count). The fraction of sp³-hybridized carbons (Fsp3) is 0.348. The van der Waals surface area contributed by atoms with E-state index in [1.165, 1.54) is 16.9 Å². The van der Waals surface area contributed by atoms with E-state index >= 15 is 0 Å². The van der Waals surface area contributed by atoms with E-state index in [9.17, 15) is 4.79 Å². The Balaban J connectivity index is 0.00000245. The van der Waals surface area contributed by atoms with Crippen molar-refractivity contribution >= 4 is 66.6 Å². The van der Waals surface area contributed by atoms with Crippen molar-refractivity contribution in [1.82, 2.24) is 14.9 Å². The van der Waals surface area contributed by atoms with Crippen LogP contribution < -0.4 is 4.90 Å². The van der Waals surface area contributed by atoms with Gasteiger partial charge in [-0.05, 0) is 37.1 Å².